The molecule has 1 aromatic carbocycles. The van der Waals surface area contributed by atoms with Crippen molar-refractivity contribution in [2.75, 3.05) is 18.8 Å². The highest BCUT2D eigenvalue weighted by molar-refractivity contribution is 7.99. The van der Waals surface area contributed by atoms with Crippen LogP contribution in [0.1, 0.15) is 23.6 Å². The predicted molar refractivity (Wildman–Crippen MR) is 74.2 cm³/mol. The van der Waals surface area contributed by atoms with Crippen LogP contribution in [0.3, 0.4) is 0 Å². The first-order valence-corrected chi connectivity index (χ1v) is 7.51. The molecule has 1 fully saturated rings. The Labute approximate surface area is 108 Å². The zero-order valence-electron chi connectivity index (χ0n) is 10.4. The lowest BCUT2D eigenvalue weighted by Gasteiger charge is -2.30. The summed E-state index contributed by atoms with van der Waals surface area (Å²) in [6.45, 7) is 8.04. The minimum Gasteiger partial charge on any atom is -0.309 e. The van der Waals surface area contributed by atoms with E-state index in [0.29, 0.717) is 0 Å². The maximum Gasteiger partial charge on any atom is 0.0234 e. The van der Waals surface area contributed by atoms with Gasteiger partial charge >= 0.3 is 0 Å². The Hall–Kier alpha value is -0.510. The molecule has 0 amide bonds. The molecule has 1 atom stereocenters. The van der Waals surface area contributed by atoms with Crippen LogP contribution in [-0.2, 0) is 19.6 Å². The fourth-order valence-electron chi connectivity index (χ4n) is 2.74. The molecular formula is C14H20N2S. The summed E-state index contributed by atoms with van der Waals surface area (Å²) in [5.74, 6) is 1.29. The second-order valence-electron chi connectivity index (χ2n) is 5.12. The van der Waals surface area contributed by atoms with E-state index in [0.717, 1.165) is 24.9 Å². The summed E-state index contributed by atoms with van der Waals surface area (Å²) in [4.78, 5) is 2.59. The Kier molecular flexibility index (Phi) is 3.41. The maximum atomic E-state index is 3.41. The zero-order chi connectivity index (χ0) is 11.7. The highest BCUT2D eigenvalue weighted by Crippen LogP contribution is 2.21. The predicted octanol–water partition coefficient (Wildman–Crippen LogP) is 2.23. The van der Waals surface area contributed by atoms with Gasteiger partial charge in [-0.15, -0.1) is 0 Å². The molecule has 17 heavy (non-hydrogen) atoms. The van der Waals surface area contributed by atoms with Gasteiger partial charge in [0, 0.05) is 43.7 Å². The summed E-state index contributed by atoms with van der Waals surface area (Å²) < 4.78 is 0. The standard InChI is InChI=1S/C14H20N2S/c1-11-9-16(4-5-17-11)10-12-2-3-13-7-15-8-14(13)6-12/h2-3,6,11,15H,4-5,7-10H2,1H3. The van der Waals surface area contributed by atoms with Crippen molar-refractivity contribution in [2.24, 2.45) is 0 Å². The molecule has 3 heteroatoms. The summed E-state index contributed by atoms with van der Waals surface area (Å²) in [6.07, 6.45) is 0. The Bertz CT molecular complexity index is 405. The molecule has 2 heterocycles. The highest BCUT2D eigenvalue weighted by atomic mass is 32.2. The molecule has 0 radical (unpaired) electrons. The molecule has 1 saturated heterocycles. The van der Waals surface area contributed by atoms with Crippen LogP contribution in [0.2, 0.25) is 0 Å². The van der Waals surface area contributed by atoms with E-state index in [-0.39, 0.29) is 0 Å². The fraction of sp³-hybridized carbons (Fsp3) is 0.571. The Morgan fingerprint density at radius 3 is 3.12 bits per heavy atom. The van der Waals surface area contributed by atoms with E-state index >= 15 is 0 Å². The van der Waals surface area contributed by atoms with Gasteiger partial charge in [-0.25, -0.2) is 0 Å². The van der Waals surface area contributed by atoms with Crippen molar-refractivity contribution < 1.29 is 0 Å². The minimum atomic E-state index is 0.792. The van der Waals surface area contributed by atoms with Gasteiger partial charge in [0.1, 0.15) is 0 Å². The lowest BCUT2D eigenvalue weighted by molar-refractivity contribution is 0.278. The van der Waals surface area contributed by atoms with Crippen LogP contribution in [0.5, 0.6) is 0 Å². The van der Waals surface area contributed by atoms with E-state index in [2.05, 4.69) is 47.1 Å². The van der Waals surface area contributed by atoms with Gasteiger partial charge in [-0.2, -0.15) is 11.8 Å². The molecule has 2 aliphatic heterocycles. The van der Waals surface area contributed by atoms with Crippen molar-refractivity contribution >= 4 is 11.8 Å². The SMILES string of the molecule is CC1CN(Cc2ccc3c(c2)CNC3)CCS1. The summed E-state index contributed by atoms with van der Waals surface area (Å²) in [7, 11) is 0. The van der Waals surface area contributed by atoms with Crippen LogP contribution in [0, 0.1) is 0 Å². The summed E-state index contributed by atoms with van der Waals surface area (Å²) in [6, 6.07) is 6.99. The minimum absolute atomic E-state index is 0.792. The second kappa shape index (κ2) is 5.01. The van der Waals surface area contributed by atoms with Gasteiger partial charge in [0.25, 0.3) is 0 Å². The lowest BCUT2D eigenvalue weighted by Crippen LogP contribution is -2.36. The van der Waals surface area contributed by atoms with E-state index in [1.165, 1.54) is 35.5 Å². The monoisotopic (exact) mass is 248 g/mol. The number of fused-ring (bicyclic) bond motifs is 1. The van der Waals surface area contributed by atoms with Crippen molar-refractivity contribution in [3.8, 4) is 0 Å². The molecule has 1 unspecified atom stereocenters. The average Bonchev–Trinajstić information content (AvgIpc) is 2.76. The van der Waals surface area contributed by atoms with Crippen LogP contribution in [0.15, 0.2) is 18.2 Å². The van der Waals surface area contributed by atoms with E-state index in [9.17, 15) is 0 Å². The fourth-order valence-corrected chi connectivity index (χ4v) is 3.82. The first kappa shape index (κ1) is 11.6. The molecule has 3 rings (SSSR count). The molecule has 2 nitrogen and oxygen atoms in total. The zero-order valence-corrected chi connectivity index (χ0v) is 11.2. The van der Waals surface area contributed by atoms with E-state index in [1.807, 2.05) is 0 Å². The molecule has 92 valence electrons. The topological polar surface area (TPSA) is 15.3 Å². The molecule has 0 spiro atoms. The van der Waals surface area contributed by atoms with Crippen LogP contribution < -0.4 is 5.32 Å². The lowest BCUT2D eigenvalue weighted by atomic mass is 10.1. The highest BCUT2D eigenvalue weighted by Gasteiger charge is 2.17. The van der Waals surface area contributed by atoms with E-state index in [4.69, 9.17) is 0 Å². The quantitative estimate of drug-likeness (QED) is 0.864. The third-order valence-corrected chi connectivity index (χ3v) is 4.77. The summed E-state index contributed by atoms with van der Waals surface area (Å²) in [5, 5.41) is 4.20. The molecule has 0 aliphatic carbocycles. The first-order chi connectivity index (χ1) is 8.31. The Balaban J connectivity index is 1.68. The second-order valence-corrected chi connectivity index (χ2v) is 6.67. The van der Waals surface area contributed by atoms with Gasteiger partial charge < -0.3 is 5.32 Å². The number of thioether (sulfide) groups is 1. The normalized spacial score (nSPS) is 24.9. The van der Waals surface area contributed by atoms with Crippen molar-refractivity contribution in [1.82, 2.24) is 10.2 Å². The number of rotatable bonds is 2. The van der Waals surface area contributed by atoms with Gasteiger partial charge in [0.15, 0.2) is 0 Å². The first-order valence-electron chi connectivity index (χ1n) is 6.46. The van der Waals surface area contributed by atoms with Crippen LogP contribution >= 0.6 is 11.8 Å². The largest absolute Gasteiger partial charge is 0.309 e. The molecule has 0 bridgehead atoms. The van der Waals surface area contributed by atoms with Crippen LogP contribution in [0.25, 0.3) is 0 Å². The van der Waals surface area contributed by atoms with Gasteiger partial charge in [-0.05, 0) is 16.7 Å². The smallest absolute Gasteiger partial charge is 0.0234 e. The van der Waals surface area contributed by atoms with Crippen LogP contribution in [-0.4, -0.2) is 29.0 Å². The van der Waals surface area contributed by atoms with Gasteiger partial charge in [0.2, 0.25) is 0 Å². The van der Waals surface area contributed by atoms with Gasteiger partial charge in [-0.1, -0.05) is 25.1 Å². The number of hydrogen-bond donors (Lipinski definition) is 1. The molecular weight excluding hydrogens is 228 g/mol. The number of benzene rings is 1. The number of nitrogens with zero attached hydrogens (tertiary/aromatic N) is 1. The third-order valence-electron chi connectivity index (χ3n) is 3.63. The van der Waals surface area contributed by atoms with E-state index in [1.54, 1.807) is 0 Å². The number of hydrogen-bond acceptors (Lipinski definition) is 3. The van der Waals surface area contributed by atoms with Crippen LogP contribution in [0.4, 0.5) is 0 Å². The number of nitrogens with one attached hydrogen (secondary N) is 1. The Morgan fingerprint density at radius 2 is 2.24 bits per heavy atom. The molecule has 0 saturated carbocycles. The molecule has 2 aliphatic rings. The van der Waals surface area contributed by atoms with Crippen molar-refractivity contribution in [3.05, 3.63) is 34.9 Å². The molecule has 1 aromatic rings. The molecule has 0 aromatic heterocycles. The van der Waals surface area contributed by atoms with Crippen molar-refractivity contribution in [1.29, 1.82) is 0 Å². The molecule has 1 N–H and O–H groups in total. The van der Waals surface area contributed by atoms with E-state index < -0.39 is 0 Å². The third kappa shape index (κ3) is 2.67. The Morgan fingerprint density at radius 1 is 1.35 bits per heavy atom. The average molecular weight is 248 g/mol. The van der Waals surface area contributed by atoms with Crippen molar-refractivity contribution in [3.63, 3.8) is 0 Å². The maximum absolute atomic E-state index is 3.41. The van der Waals surface area contributed by atoms with Gasteiger partial charge in [0.05, 0.1) is 0 Å². The van der Waals surface area contributed by atoms with Crippen molar-refractivity contribution in [2.45, 2.75) is 31.8 Å². The van der Waals surface area contributed by atoms with Gasteiger partial charge in [-0.3, -0.25) is 4.90 Å². The summed E-state index contributed by atoms with van der Waals surface area (Å²) in [5.41, 5.74) is 4.46. The summed E-state index contributed by atoms with van der Waals surface area (Å²) >= 11 is 2.10.